The molecule has 1 aromatic heterocycles. The maximum absolute atomic E-state index is 5.83. The lowest BCUT2D eigenvalue weighted by molar-refractivity contribution is 0.257. The molecule has 0 unspecified atom stereocenters. The topological polar surface area (TPSA) is 68.1 Å². The van der Waals surface area contributed by atoms with E-state index in [4.69, 9.17) is 19.5 Å². The highest BCUT2D eigenvalue weighted by Gasteiger charge is 2.11. The Kier molecular flexibility index (Phi) is 7.32. The van der Waals surface area contributed by atoms with E-state index in [2.05, 4.69) is 30.4 Å². The Hall–Kier alpha value is -3.71. The third-order valence-corrected chi connectivity index (χ3v) is 5.68. The number of para-hydroxylation sites is 2. The summed E-state index contributed by atoms with van der Waals surface area (Å²) in [6.45, 7) is 4.85. The molecule has 1 N–H and O–H groups in total. The summed E-state index contributed by atoms with van der Waals surface area (Å²) in [5, 5.41) is 5.20. The van der Waals surface area contributed by atoms with Crippen LogP contribution >= 0.6 is 11.3 Å². The summed E-state index contributed by atoms with van der Waals surface area (Å²) in [5.41, 5.74) is 5.71. The molecule has 0 saturated heterocycles. The van der Waals surface area contributed by atoms with Gasteiger partial charge in [0.05, 0.1) is 35.8 Å². The van der Waals surface area contributed by atoms with Gasteiger partial charge in [0.1, 0.15) is 0 Å². The first-order valence-corrected chi connectivity index (χ1v) is 11.5. The molecular formula is C26H26N4O2S. The lowest BCUT2D eigenvalue weighted by Gasteiger charge is -2.12. The lowest BCUT2D eigenvalue weighted by Crippen LogP contribution is -2.18. The summed E-state index contributed by atoms with van der Waals surface area (Å²) in [6, 6.07) is 23.5. The SMILES string of the molecule is COc1cc(/C=N/NC(=Nc2ccccc2)c2nc3ccccc3s2)ccc1OCC(C)C. The van der Waals surface area contributed by atoms with Crippen molar-refractivity contribution < 1.29 is 9.47 Å². The predicted octanol–water partition coefficient (Wildman–Crippen LogP) is 6.04. The molecule has 7 heteroatoms. The lowest BCUT2D eigenvalue weighted by atomic mass is 10.2. The van der Waals surface area contributed by atoms with Gasteiger partial charge in [-0.25, -0.2) is 9.98 Å². The molecule has 0 bridgehead atoms. The fourth-order valence-corrected chi connectivity index (χ4v) is 3.94. The summed E-state index contributed by atoms with van der Waals surface area (Å²) in [7, 11) is 1.63. The fourth-order valence-electron chi connectivity index (χ4n) is 3.03. The molecule has 6 nitrogen and oxygen atoms in total. The number of hydrazone groups is 1. The van der Waals surface area contributed by atoms with Gasteiger partial charge in [-0.15, -0.1) is 11.3 Å². The first-order valence-electron chi connectivity index (χ1n) is 10.7. The van der Waals surface area contributed by atoms with Crippen molar-refractivity contribution in [2.45, 2.75) is 13.8 Å². The molecule has 168 valence electrons. The second-order valence-corrected chi connectivity index (χ2v) is 8.80. The fraction of sp³-hybridized carbons (Fsp3) is 0.192. The number of nitrogens with one attached hydrogen (secondary N) is 1. The van der Waals surface area contributed by atoms with Gasteiger partial charge in [0.25, 0.3) is 0 Å². The second kappa shape index (κ2) is 10.7. The quantitative estimate of drug-likeness (QED) is 0.198. The van der Waals surface area contributed by atoms with Gasteiger partial charge in [0.2, 0.25) is 0 Å². The molecule has 0 spiro atoms. The van der Waals surface area contributed by atoms with Crippen LogP contribution in [0.1, 0.15) is 24.4 Å². The molecule has 0 aliphatic rings. The third-order valence-electron chi connectivity index (χ3n) is 4.64. The number of rotatable bonds is 8. The van der Waals surface area contributed by atoms with Gasteiger partial charge in [-0.05, 0) is 53.9 Å². The van der Waals surface area contributed by atoms with Gasteiger partial charge in [-0.2, -0.15) is 5.10 Å². The second-order valence-electron chi connectivity index (χ2n) is 7.77. The Bertz CT molecular complexity index is 1230. The zero-order valence-electron chi connectivity index (χ0n) is 18.9. The number of methoxy groups -OCH3 is 1. The third kappa shape index (κ3) is 5.96. The van der Waals surface area contributed by atoms with Crippen molar-refractivity contribution in [3.8, 4) is 11.5 Å². The molecule has 4 rings (SSSR count). The van der Waals surface area contributed by atoms with E-state index in [1.165, 1.54) is 0 Å². The Labute approximate surface area is 197 Å². The monoisotopic (exact) mass is 458 g/mol. The zero-order valence-corrected chi connectivity index (χ0v) is 19.7. The van der Waals surface area contributed by atoms with Crippen molar-refractivity contribution >= 4 is 39.3 Å². The van der Waals surface area contributed by atoms with Crippen LogP contribution in [0.25, 0.3) is 10.2 Å². The summed E-state index contributed by atoms with van der Waals surface area (Å²) in [4.78, 5) is 9.46. The Balaban J connectivity index is 1.57. The number of ether oxygens (including phenoxy) is 2. The van der Waals surface area contributed by atoms with Crippen LogP contribution in [0.4, 0.5) is 5.69 Å². The number of amidine groups is 1. The highest BCUT2D eigenvalue weighted by Crippen LogP contribution is 2.28. The molecule has 0 aliphatic heterocycles. The number of nitrogens with zero attached hydrogens (tertiary/aromatic N) is 3. The molecule has 0 atom stereocenters. The summed E-state index contributed by atoms with van der Waals surface area (Å²) in [5.74, 6) is 2.41. The van der Waals surface area contributed by atoms with E-state index in [9.17, 15) is 0 Å². The Morgan fingerprint density at radius 2 is 1.82 bits per heavy atom. The number of hydrogen-bond acceptors (Lipinski definition) is 6. The van der Waals surface area contributed by atoms with Crippen LogP contribution < -0.4 is 14.9 Å². The number of fused-ring (bicyclic) bond motifs is 1. The van der Waals surface area contributed by atoms with Gasteiger partial charge in [-0.3, -0.25) is 5.43 Å². The van der Waals surface area contributed by atoms with Crippen LogP contribution in [0.5, 0.6) is 11.5 Å². The number of thiazole rings is 1. The van der Waals surface area contributed by atoms with Gasteiger partial charge in [0.15, 0.2) is 22.3 Å². The van der Waals surface area contributed by atoms with Crippen molar-refractivity contribution in [2.24, 2.45) is 16.0 Å². The first kappa shape index (κ1) is 22.5. The van der Waals surface area contributed by atoms with Crippen molar-refractivity contribution in [2.75, 3.05) is 13.7 Å². The van der Waals surface area contributed by atoms with E-state index in [1.807, 2.05) is 66.7 Å². The van der Waals surface area contributed by atoms with E-state index in [0.29, 0.717) is 24.1 Å². The van der Waals surface area contributed by atoms with Crippen LogP contribution in [0, 0.1) is 5.92 Å². The van der Waals surface area contributed by atoms with Crippen LogP contribution in [0.2, 0.25) is 0 Å². The average molecular weight is 459 g/mol. The molecule has 0 radical (unpaired) electrons. The molecule has 1 heterocycles. The molecule has 0 saturated carbocycles. The van der Waals surface area contributed by atoms with Gasteiger partial charge >= 0.3 is 0 Å². The molecule has 0 fully saturated rings. The molecule has 33 heavy (non-hydrogen) atoms. The van der Waals surface area contributed by atoms with Crippen LogP contribution in [-0.2, 0) is 0 Å². The Morgan fingerprint density at radius 3 is 2.58 bits per heavy atom. The summed E-state index contributed by atoms with van der Waals surface area (Å²) >= 11 is 1.57. The van der Waals surface area contributed by atoms with Crippen molar-refractivity contribution in [3.63, 3.8) is 0 Å². The van der Waals surface area contributed by atoms with E-state index in [-0.39, 0.29) is 0 Å². The van der Waals surface area contributed by atoms with Gasteiger partial charge in [-0.1, -0.05) is 44.2 Å². The maximum atomic E-state index is 5.83. The largest absolute Gasteiger partial charge is 0.493 e. The molecule has 3 aromatic carbocycles. The molecular weight excluding hydrogens is 432 g/mol. The summed E-state index contributed by atoms with van der Waals surface area (Å²) < 4.78 is 12.4. The van der Waals surface area contributed by atoms with Crippen molar-refractivity contribution in [1.82, 2.24) is 10.4 Å². The standard InChI is InChI=1S/C26H26N4O2S/c1-18(2)17-32-22-14-13-19(15-23(22)31-3)16-27-30-25(28-20-9-5-4-6-10-20)26-29-21-11-7-8-12-24(21)33-26/h4-16,18H,17H2,1-3H3,(H,28,30)/b27-16+. The molecule has 0 aliphatic carbocycles. The minimum atomic E-state index is 0.435. The smallest absolute Gasteiger partial charge is 0.183 e. The maximum Gasteiger partial charge on any atom is 0.183 e. The Morgan fingerprint density at radius 1 is 1.03 bits per heavy atom. The van der Waals surface area contributed by atoms with Crippen molar-refractivity contribution in [1.29, 1.82) is 0 Å². The predicted molar refractivity (Wildman–Crippen MR) is 136 cm³/mol. The van der Waals surface area contributed by atoms with Gasteiger partial charge < -0.3 is 9.47 Å². The number of benzene rings is 3. The van der Waals surface area contributed by atoms with E-state index < -0.39 is 0 Å². The summed E-state index contributed by atoms with van der Waals surface area (Å²) in [6.07, 6.45) is 1.72. The van der Waals surface area contributed by atoms with E-state index >= 15 is 0 Å². The van der Waals surface area contributed by atoms with Gasteiger partial charge in [0, 0.05) is 0 Å². The number of aliphatic imine (C=N–C) groups is 1. The normalized spacial score (nSPS) is 11.9. The average Bonchev–Trinajstić information content (AvgIpc) is 3.27. The molecule has 4 aromatic rings. The van der Waals surface area contributed by atoms with E-state index in [1.54, 1.807) is 24.7 Å². The van der Waals surface area contributed by atoms with Crippen LogP contribution in [0.3, 0.4) is 0 Å². The number of aromatic nitrogens is 1. The zero-order chi connectivity index (χ0) is 23.0. The van der Waals surface area contributed by atoms with Crippen LogP contribution in [-0.4, -0.2) is 30.8 Å². The van der Waals surface area contributed by atoms with Crippen molar-refractivity contribution in [3.05, 3.63) is 83.4 Å². The van der Waals surface area contributed by atoms with Crippen LogP contribution in [0.15, 0.2) is 82.9 Å². The highest BCUT2D eigenvalue weighted by molar-refractivity contribution is 7.20. The first-order chi connectivity index (χ1) is 16.1. The molecule has 0 amide bonds. The minimum absolute atomic E-state index is 0.435. The van der Waals surface area contributed by atoms with E-state index in [0.717, 1.165) is 32.2 Å². The minimum Gasteiger partial charge on any atom is -0.493 e. The number of hydrogen-bond donors (Lipinski definition) is 1. The highest BCUT2D eigenvalue weighted by atomic mass is 32.1.